The maximum atomic E-state index is 12.5. The Hall–Kier alpha value is -2.48. The predicted octanol–water partition coefficient (Wildman–Crippen LogP) is 1.27. The highest BCUT2D eigenvalue weighted by Crippen LogP contribution is 2.44. The lowest BCUT2D eigenvalue weighted by Crippen LogP contribution is -2.62. The molecule has 3 heterocycles. The van der Waals surface area contributed by atoms with Gasteiger partial charge in [0.15, 0.2) is 11.4 Å². The van der Waals surface area contributed by atoms with E-state index >= 15 is 0 Å². The summed E-state index contributed by atoms with van der Waals surface area (Å²) in [6, 6.07) is 0. The van der Waals surface area contributed by atoms with Crippen molar-refractivity contribution < 1.29 is 38.1 Å². The van der Waals surface area contributed by atoms with Crippen LogP contribution in [-0.2, 0) is 38.1 Å². The summed E-state index contributed by atoms with van der Waals surface area (Å²) in [6.07, 6.45) is 0.220. The molecule has 0 aromatic rings. The molecule has 2 fully saturated rings. The zero-order valence-corrected chi connectivity index (χ0v) is 16.5. The van der Waals surface area contributed by atoms with Crippen LogP contribution in [0.25, 0.3) is 0 Å². The number of hydrogen-bond donors (Lipinski definition) is 0. The summed E-state index contributed by atoms with van der Waals surface area (Å²) in [5.41, 5.74) is -1.12. The third-order valence-corrected chi connectivity index (χ3v) is 5.81. The summed E-state index contributed by atoms with van der Waals surface area (Å²) >= 11 is 0. The van der Waals surface area contributed by atoms with Crippen LogP contribution < -0.4 is 0 Å². The SMILES string of the molecule is CC=C(C)C(=O)OC1C2C3C=C(C)C(=O)OC(C)(C(C)=O)C1OCC2C(=O)O3. The van der Waals surface area contributed by atoms with Gasteiger partial charge in [-0.3, -0.25) is 9.59 Å². The molecule has 0 aliphatic carbocycles. The fourth-order valence-electron chi connectivity index (χ4n) is 3.80. The Morgan fingerprint density at radius 2 is 1.96 bits per heavy atom. The van der Waals surface area contributed by atoms with Crippen molar-refractivity contribution in [3.8, 4) is 0 Å². The van der Waals surface area contributed by atoms with Crippen LogP contribution in [0.1, 0.15) is 34.6 Å². The number of ether oxygens (including phenoxy) is 4. The van der Waals surface area contributed by atoms with Crippen molar-refractivity contribution in [1.29, 1.82) is 0 Å². The zero-order valence-electron chi connectivity index (χ0n) is 16.5. The molecule has 8 heteroatoms. The van der Waals surface area contributed by atoms with Gasteiger partial charge in [0.2, 0.25) is 0 Å². The van der Waals surface area contributed by atoms with Gasteiger partial charge in [0.25, 0.3) is 0 Å². The van der Waals surface area contributed by atoms with Gasteiger partial charge in [0.05, 0.1) is 18.4 Å². The fraction of sp³-hybridized carbons (Fsp3) is 0.600. The number of rotatable bonds is 3. The molecule has 6 unspecified atom stereocenters. The van der Waals surface area contributed by atoms with E-state index < -0.39 is 59.4 Å². The number of carbonyl (C=O) groups excluding carboxylic acids is 4. The summed E-state index contributed by atoms with van der Waals surface area (Å²) in [5, 5.41) is 0. The summed E-state index contributed by atoms with van der Waals surface area (Å²) in [7, 11) is 0. The van der Waals surface area contributed by atoms with Crippen LogP contribution in [0, 0.1) is 11.8 Å². The van der Waals surface area contributed by atoms with Gasteiger partial charge in [-0.05, 0) is 40.7 Å². The maximum Gasteiger partial charge on any atom is 0.334 e. The Morgan fingerprint density at radius 1 is 1.29 bits per heavy atom. The average Bonchev–Trinajstić information content (AvgIpc) is 2.96. The Labute approximate surface area is 162 Å². The summed E-state index contributed by atoms with van der Waals surface area (Å²) < 4.78 is 22.5. The summed E-state index contributed by atoms with van der Waals surface area (Å²) in [6.45, 7) is 7.51. The second kappa shape index (κ2) is 7.16. The minimum absolute atomic E-state index is 0.0192. The fourth-order valence-corrected chi connectivity index (χ4v) is 3.80. The highest BCUT2D eigenvalue weighted by atomic mass is 16.6. The van der Waals surface area contributed by atoms with E-state index in [0.29, 0.717) is 5.57 Å². The van der Waals surface area contributed by atoms with Crippen molar-refractivity contribution in [2.45, 2.75) is 58.5 Å². The van der Waals surface area contributed by atoms with Crippen LogP contribution in [0.2, 0.25) is 0 Å². The molecule has 8 nitrogen and oxygen atoms in total. The van der Waals surface area contributed by atoms with Crippen LogP contribution in [-0.4, -0.2) is 54.2 Å². The lowest BCUT2D eigenvalue weighted by molar-refractivity contribution is -0.219. The second-order valence-corrected chi connectivity index (χ2v) is 7.58. The molecule has 0 aromatic heterocycles. The van der Waals surface area contributed by atoms with Crippen molar-refractivity contribution in [2.75, 3.05) is 6.61 Å². The molecule has 152 valence electrons. The highest BCUT2D eigenvalue weighted by molar-refractivity contribution is 5.94. The molecule has 0 radical (unpaired) electrons. The number of fused-ring (bicyclic) bond motifs is 1. The number of carbonyl (C=O) groups is 4. The number of Topliss-reactive ketones (excluding diaryl/α,β-unsaturated/α-hetero) is 1. The van der Waals surface area contributed by atoms with Gasteiger partial charge < -0.3 is 18.9 Å². The summed E-state index contributed by atoms with van der Waals surface area (Å²) in [4.78, 5) is 49.8. The number of allylic oxidation sites excluding steroid dienone is 1. The quantitative estimate of drug-likeness (QED) is 0.402. The van der Waals surface area contributed by atoms with Gasteiger partial charge in [-0.25, -0.2) is 9.59 Å². The first kappa shape index (κ1) is 20.3. The Morgan fingerprint density at radius 3 is 2.57 bits per heavy atom. The van der Waals surface area contributed by atoms with Crippen molar-refractivity contribution >= 4 is 23.7 Å². The third kappa shape index (κ3) is 3.15. The van der Waals surface area contributed by atoms with Gasteiger partial charge in [-0.1, -0.05) is 6.08 Å². The molecule has 0 spiro atoms. The van der Waals surface area contributed by atoms with E-state index in [4.69, 9.17) is 18.9 Å². The van der Waals surface area contributed by atoms with E-state index in [1.807, 2.05) is 0 Å². The molecule has 28 heavy (non-hydrogen) atoms. The normalized spacial score (nSPS) is 37.7. The molecule has 0 saturated carbocycles. The molecule has 0 N–H and O–H groups in total. The van der Waals surface area contributed by atoms with E-state index in [0.717, 1.165) is 0 Å². The smallest absolute Gasteiger partial charge is 0.334 e. The van der Waals surface area contributed by atoms with E-state index in [2.05, 4.69) is 0 Å². The first-order chi connectivity index (χ1) is 13.1. The van der Waals surface area contributed by atoms with Gasteiger partial charge in [0.1, 0.15) is 18.3 Å². The van der Waals surface area contributed by atoms with Crippen molar-refractivity contribution in [3.63, 3.8) is 0 Å². The van der Waals surface area contributed by atoms with Gasteiger partial charge in [0, 0.05) is 11.1 Å². The van der Waals surface area contributed by atoms with E-state index in [1.54, 1.807) is 19.9 Å². The minimum atomic E-state index is -1.69. The second-order valence-electron chi connectivity index (χ2n) is 7.58. The average molecular weight is 392 g/mol. The molecule has 0 amide bonds. The van der Waals surface area contributed by atoms with Crippen LogP contribution in [0.3, 0.4) is 0 Å². The van der Waals surface area contributed by atoms with Crippen LogP contribution in [0.15, 0.2) is 23.3 Å². The molecular weight excluding hydrogens is 368 g/mol. The van der Waals surface area contributed by atoms with Crippen molar-refractivity contribution in [3.05, 3.63) is 23.3 Å². The van der Waals surface area contributed by atoms with Gasteiger partial charge >= 0.3 is 17.9 Å². The molecule has 2 saturated heterocycles. The van der Waals surface area contributed by atoms with E-state index in [9.17, 15) is 19.2 Å². The Balaban J connectivity index is 2.14. The number of esters is 3. The summed E-state index contributed by atoms with van der Waals surface area (Å²) in [5.74, 6) is -3.52. The van der Waals surface area contributed by atoms with E-state index in [1.165, 1.54) is 26.8 Å². The largest absolute Gasteiger partial charge is 0.457 e. The first-order valence-electron chi connectivity index (χ1n) is 9.19. The number of cyclic esters (lactones) is 1. The molecular formula is C20H24O8. The van der Waals surface area contributed by atoms with Gasteiger partial charge in [-0.15, -0.1) is 0 Å². The maximum absolute atomic E-state index is 12.5. The molecule has 3 aliphatic rings. The van der Waals surface area contributed by atoms with Crippen molar-refractivity contribution in [2.24, 2.45) is 11.8 Å². The van der Waals surface area contributed by atoms with Crippen LogP contribution >= 0.6 is 0 Å². The lowest BCUT2D eigenvalue weighted by atomic mass is 9.76. The topological polar surface area (TPSA) is 105 Å². The highest BCUT2D eigenvalue weighted by Gasteiger charge is 2.61. The Bertz CT molecular complexity index is 794. The van der Waals surface area contributed by atoms with Gasteiger partial charge in [-0.2, -0.15) is 0 Å². The van der Waals surface area contributed by atoms with E-state index in [-0.39, 0.29) is 12.2 Å². The predicted molar refractivity (Wildman–Crippen MR) is 94.8 cm³/mol. The Kier molecular flexibility index (Phi) is 5.18. The lowest BCUT2D eigenvalue weighted by Gasteiger charge is -2.44. The molecule has 2 bridgehead atoms. The first-order valence-corrected chi connectivity index (χ1v) is 9.19. The number of ketones is 1. The molecule has 0 aromatic carbocycles. The third-order valence-electron chi connectivity index (χ3n) is 5.81. The van der Waals surface area contributed by atoms with Crippen LogP contribution in [0.5, 0.6) is 0 Å². The monoisotopic (exact) mass is 392 g/mol. The minimum Gasteiger partial charge on any atom is -0.457 e. The molecule has 6 atom stereocenters. The van der Waals surface area contributed by atoms with Crippen LogP contribution in [0.4, 0.5) is 0 Å². The zero-order chi connectivity index (χ0) is 20.8. The molecule has 3 aliphatic heterocycles. The number of hydrogen-bond acceptors (Lipinski definition) is 8. The molecule has 3 rings (SSSR count). The van der Waals surface area contributed by atoms with Crippen molar-refractivity contribution in [1.82, 2.24) is 0 Å². The standard InChI is InChI=1S/C20H24O8/c1-6-9(2)17(22)27-15-14-12-8-25-16(15)20(5,11(4)21)28-18(23)10(3)7-13(14)26-19(12)24/h6-7,12-16H,8H2,1-5H3.